The van der Waals surface area contributed by atoms with Gasteiger partial charge in [0.25, 0.3) is 5.91 Å². The van der Waals surface area contributed by atoms with Gasteiger partial charge in [0.15, 0.2) is 0 Å². The van der Waals surface area contributed by atoms with E-state index in [9.17, 15) is 13.2 Å². The summed E-state index contributed by atoms with van der Waals surface area (Å²) < 4.78 is 29.5. The molecular formula is C20H15ClN2O4S. The molecule has 3 aromatic carbocycles. The van der Waals surface area contributed by atoms with Gasteiger partial charge in [-0.25, -0.2) is 5.43 Å². The Hall–Kier alpha value is -3.16. The van der Waals surface area contributed by atoms with Gasteiger partial charge in [-0.05, 0) is 66.2 Å². The molecule has 8 heteroatoms. The zero-order valence-electron chi connectivity index (χ0n) is 14.4. The lowest BCUT2D eigenvalue weighted by atomic mass is 10.2. The number of carbonyl (C=O) groups excluding carboxylic acids is 1. The van der Waals surface area contributed by atoms with Gasteiger partial charge in [-0.2, -0.15) is 13.5 Å². The molecule has 3 aromatic rings. The van der Waals surface area contributed by atoms with Gasteiger partial charge in [0, 0.05) is 10.6 Å². The van der Waals surface area contributed by atoms with E-state index in [1.165, 1.54) is 30.5 Å². The third kappa shape index (κ3) is 5.18. The molecule has 0 aliphatic rings. The highest BCUT2D eigenvalue weighted by Crippen LogP contribution is 2.18. The van der Waals surface area contributed by atoms with E-state index in [1.807, 2.05) is 0 Å². The molecule has 0 saturated heterocycles. The Balaban J connectivity index is 1.60. The first-order chi connectivity index (χ1) is 13.4. The van der Waals surface area contributed by atoms with Crippen LogP contribution >= 0.6 is 11.6 Å². The predicted molar refractivity (Wildman–Crippen MR) is 107 cm³/mol. The molecule has 0 radical (unpaired) electrons. The molecule has 0 spiro atoms. The van der Waals surface area contributed by atoms with Crippen molar-refractivity contribution in [2.24, 2.45) is 5.10 Å². The minimum Gasteiger partial charge on any atom is -0.379 e. The van der Waals surface area contributed by atoms with Gasteiger partial charge in [0.2, 0.25) is 0 Å². The van der Waals surface area contributed by atoms with E-state index in [-0.39, 0.29) is 16.6 Å². The number of benzene rings is 3. The fourth-order valence-electron chi connectivity index (χ4n) is 2.20. The second-order valence-corrected chi connectivity index (χ2v) is 7.61. The van der Waals surface area contributed by atoms with Gasteiger partial charge in [-0.15, -0.1) is 0 Å². The summed E-state index contributed by atoms with van der Waals surface area (Å²) in [6, 6.07) is 20.5. The van der Waals surface area contributed by atoms with Gasteiger partial charge in [0.1, 0.15) is 10.6 Å². The van der Waals surface area contributed by atoms with Crippen molar-refractivity contribution in [3.8, 4) is 5.75 Å². The summed E-state index contributed by atoms with van der Waals surface area (Å²) in [5.41, 5.74) is 3.48. The van der Waals surface area contributed by atoms with Crippen LogP contribution in [-0.2, 0) is 10.1 Å². The number of amides is 1. The summed E-state index contributed by atoms with van der Waals surface area (Å²) in [5.74, 6) is -0.201. The lowest BCUT2D eigenvalue weighted by Crippen LogP contribution is -2.17. The Labute approximate surface area is 167 Å². The normalized spacial score (nSPS) is 11.3. The van der Waals surface area contributed by atoms with E-state index in [4.69, 9.17) is 15.8 Å². The summed E-state index contributed by atoms with van der Waals surface area (Å²) in [6.45, 7) is 0. The summed E-state index contributed by atoms with van der Waals surface area (Å²) in [7, 11) is -3.89. The Kier molecular flexibility index (Phi) is 6.08. The molecular weight excluding hydrogens is 400 g/mol. The van der Waals surface area contributed by atoms with Gasteiger partial charge >= 0.3 is 10.1 Å². The number of rotatable bonds is 6. The molecule has 0 aliphatic heterocycles. The Morgan fingerprint density at radius 1 is 0.929 bits per heavy atom. The van der Waals surface area contributed by atoms with E-state index in [0.717, 1.165) is 0 Å². The lowest BCUT2D eigenvalue weighted by molar-refractivity contribution is 0.0955. The minimum atomic E-state index is -3.89. The van der Waals surface area contributed by atoms with Crippen LogP contribution in [0, 0.1) is 0 Å². The van der Waals surface area contributed by atoms with Crippen molar-refractivity contribution >= 4 is 33.8 Å². The number of nitrogens with one attached hydrogen (secondary N) is 1. The monoisotopic (exact) mass is 414 g/mol. The predicted octanol–water partition coefficient (Wildman–Crippen LogP) is 3.87. The van der Waals surface area contributed by atoms with Crippen molar-refractivity contribution in [2.75, 3.05) is 0 Å². The van der Waals surface area contributed by atoms with Crippen molar-refractivity contribution in [3.63, 3.8) is 0 Å². The highest BCUT2D eigenvalue weighted by Gasteiger charge is 2.15. The zero-order valence-corrected chi connectivity index (χ0v) is 16.0. The topological polar surface area (TPSA) is 84.8 Å². The average Bonchev–Trinajstić information content (AvgIpc) is 2.70. The number of hydrogen-bond donors (Lipinski definition) is 1. The average molecular weight is 415 g/mol. The molecule has 0 bridgehead atoms. The van der Waals surface area contributed by atoms with E-state index in [2.05, 4.69) is 10.5 Å². The SMILES string of the molecule is O=C(N/N=C/c1ccc(OS(=O)(=O)c2ccccc2)cc1)c1ccc(Cl)cc1. The first-order valence-electron chi connectivity index (χ1n) is 8.13. The van der Waals surface area contributed by atoms with Crippen LogP contribution in [0.5, 0.6) is 5.75 Å². The van der Waals surface area contributed by atoms with Gasteiger partial charge < -0.3 is 4.18 Å². The standard InChI is InChI=1S/C20H15ClN2O4S/c21-17-10-8-16(9-11-17)20(24)23-22-14-15-6-12-18(13-7-15)27-28(25,26)19-4-2-1-3-5-19/h1-14H,(H,23,24)/b22-14+. The Bertz CT molecular complexity index is 1080. The van der Waals surface area contributed by atoms with Crippen molar-refractivity contribution in [2.45, 2.75) is 4.90 Å². The highest BCUT2D eigenvalue weighted by molar-refractivity contribution is 7.87. The number of carbonyl (C=O) groups is 1. The van der Waals surface area contributed by atoms with Crippen molar-refractivity contribution in [1.82, 2.24) is 5.43 Å². The van der Waals surface area contributed by atoms with Crippen molar-refractivity contribution in [3.05, 3.63) is 95.0 Å². The molecule has 1 N–H and O–H groups in total. The number of nitrogens with zero attached hydrogens (tertiary/aromatic N) is 1. The second kappa shape index (κ2) is 8.69. The van der Waals surface area contributed by atoms with E-state index < -0.39 is 10.1 Å². The zero-order chi connectivity index (χ0) is 20.0. The summed E-state index contributed by atoms with van der Waals surface area (Å²) >= 11 is 5.78. The van der Waals surface area contributed by atoms with Crippen LogP contribution in [-0.4, -0.2) is 20.5 Å². The molecule has 1 amide bonds. The van der Waals surface area contributed by atoms with Crippen LogP contribution in [0.2, 0.25) is 5.02 Å². The van der Waals surface area contributed by atoms with Crippen molar-refractivity contribution < 1.29 is 17.4 Å². The first kappa shape index (κ1) is 19.6. The maximum atomic E-state index is 12.2. The molecule has 0 atom stereocenters. The molecule has 0 heterocycles. The van der Waals surface area contributed by atoms with E-state index in [1.54, 1.807) is 54.6 Å². The molecule has 142 valence electrons. The maximum Gasteiger partial charge on any atom is 0.339 e. The summed E-state index contributed by atoms with van der Waals surface area (Å²) in [6.07, 6.45) is 1.43. The lowest BCUT2D eigenvalue weighted by Gasteiger charge is -2.07. The third-order valence-electron chi connectivity index (χ3n) is 3.60. The van der Waals surface area contributed by atoms with Crippen LogP contribution in [0.4, 0.5) is 0 Å². The molecule has 0 aromatic heterocycles. The number of hydrazone groups is 1. The van der Waals surface area contributed by atoms with Crippen LogP contribution < -0.4 is 9.61 Å². The largest absolute Gasteiger partial charge is 0.379 e. The Morgan fingerprint density at radius 2 is 1.57 bits per heavy atom. The van der Waals surface area contributed by atoms with Crippen LogP contribution in [0.25, 0.3) is 0 Å². The smallest absolute Gasteiger partial charge is 0.339 e. The second-order valence-electron chi connectivity index (χ2n) is 5.63. The maximum absolute atomic E-state index is 12.2. The van der Waals surface area contributed by atoms with Crippen LogP contribution in [0.3, 0.4) is 0 Å². The van der Waals surface area contributed by atoms with Crippen LogP contribution in [0.1, 0.15) is 15.9 Å². The Morgan fingerprint density at radius 3 is 2.21 bits per heavy atom. The quantitative estimate of drug-likeness (QED) is 0.377. The molecule has 6 nitrogen and oxygen atoms in total. The minimum absolute atomic E-state index is 0.0746. The third-order valence-corrected chi connectivity index (χ3v) is 5.12. The molecule has 0 saturated carbocycles. The van der Waals surface area contributed by atoms with Crippen LogP contribution in [0.15, 0.2) is 88.9 Å². The molecule has 28 heavy (non-hydrogen) atoms. The van der Waals surface area contributed by atoms with Gasteiger partial charge in [0.05, 0.1) is 6.21 Å². The number of halogens is 1. The molecule has 0 fully saturated rings. The molecule has 0 aliphatic carbocycles. The molecule has 0 unspecified atom stereocenters. The highest BCUT2D eigenvalue weighted by atomic mass is 35.5. The first-order valence-corrected chi connectivity index (χ1v) is 9.91. The summed E-state index contributed by atoms with van der Waals surface area (Å²) in [4.78, 5) is 12.0. The fourth-order valence-corrected chi connectivity index (χ4v) is 3.28. The fraction of sp³-hybridized carbons (Fsp3) is 0. The van der Waals surface area contributed by atoms with Gasteiger partial charge in [-0.3, -0.25) is 4.79 Å². The van der Waals surface area contributed by atoms with E-state index >= 15 is 0 Å². The van der Waals surface area contributed by atoms with Crippen molar-refractivity contribution in [1.29, 1.82) is 0 Å². The molecule has 3 rings (SSSR count). The summed E-state index contributed by atoms with van der Waals surface area (Å²) in [5, 5.41) is 4.41. The van der Waals surface area contributed by atoms with E-state index in [0.29, 0.717) is 16.1 Å². The van der Waals surface area contributed by atoms with Gasteiger partial charge in [-0.1, -0.05) is 29.8 Å². The number of hydrogen-bond acceptors (Lipinski definition) is 5.